The molecule has 0 radical (unpaired) electrons. The van der Waals surface area contributed by atoms with E-state index in [-0.39, 0.29) is 18.3 Å². The first kappa shape index (κ1) is 7.53. The van der Waals surface area contributed by atoms with E-state index in [2.05, 4.69) is 5.11 Å². The Morgan fingerprint density at radius 1 is 1.73 bits per heavy atom. The van der Waals surface area contributed by atoms with Crippen LogP contribution in [0.2, 0.25) is 0 Å². The molecule has 0 aromatic rings. The van der Waals surface area contributed by atoms with Gasteiger partial charge in [0.1, 0.15) is 0 Å². The van der Waals surface area contributed by atoms with Gasteiger partial charge in [-0.2, -0.15) is 0 Å². The molecule has 1 heterocycles. The number of ether oxygens (including phenoxy) is 1. The molecule has 1 aliphatic rings. The van der Waals surface area contributed by atoms with Gasteiger partial charge >= 0.3 is 0 Å². The number of hydrogen-bond donors (Lipinski definition) is 2. The summed E-state index contributed by atoms with van der Waals surface area (Å²) in [6.07, 6.45) is 2.08. The molecule has 2 N–H and O–H groups in total. The summed E-state index contributed by atoms with van der Waals surface area (Å²) in [5, 5.41) is 13.6. The average Bonchev–Trinajstić information content (AvgIpc) is 2.31. The summed E-state index contributed by atoms with van der Waals surface area (Å²) in [6, 6.07) is 0. The summed E-state index contributed by atoms with van der Waals surface area (Å²) in [5.74, 6) is 0. The second-order valence-corrected chi connectivity index (χ2v) is 3.13. The minimum absolute atomic E-state index is 0.0462. The lowest BCUT2D eigenvalue weighted by atomic mass is 10.1. The molecule has 1 saturated heterocycles. The third-order valence-corrected chi connectivity index (χ3v) is 2.04. The lowest BCUT2D eigenvalue weighted by molar-refractivity contribution is 0.00788. The van der Waals surface area contributed by atoms with E-state index < -0.39 is 0 Å². The van der Waals surface area contributed by atoms with Crippen molar-refractivity contribution >= 4 is 0 Å². The van der Waals surface area contributed by atoms with Crippen molar-refractivity contribution in [3.05, 3.63) is 0 Å². The van der Waals surface area contributed by atoms with E-state index in [1.807, 2.05) is 6.92 Å². The molecular formula is C8H16O3. The van der Waals surface area contributed by atoms with Crippen molar-refractivity contribution in [3.8, 4) is 0 Å². The Morgan fingerprint density at radius 2 is 2.55 bits per heavy atom. The first-order valence-corrected chi connectivity index (χ1v) is 4.15. The molecule has 0 amide bonds. The van der Waals surface area contributed by atoms with Gasteiger partial charge in [0.15, 0.2) is 0 Å². The third kappa shape index (κ3) is 2.43. The molecule has 3 nitrogen and oxygen atoms in total. The zero-order valence-electron chi connectivity index (χ0n) is 7.82. The van der Waals surface area contributed by atoms with Crippen LogP contribution in [0.5, 0.6) is 0 Å². The highest BCUT2D eigenvalue weighted by molar-refractivity contribution is 4.79. The summed E-state index contributed by atoms with van der Waals surface area (Å²) in [5.41, 5.74) is 0. The van der Waals surface area contributed by atoms with Gasteiger partial charge in [0.05, 0.1) is 18.3 Å². The van der Waals surface area contributed by atoms with Crippen LogP contribution >= 0.6 is 0 Å². The highest BCUT2D eigenvalue weighted by Gasteiger charge is 2.30. The van der Waals surface area contributed by atoms with Gasteiger partial charge in [0.2, 0.25) is 1.43 Å². The molecule has 0 saturated carbocycles. The van der Waals surface area contributed by atoms with Gasteiger partial charge in [0, 0.05) is 13.0 Å². The van der Waals surface area contributed by atoms with Crippen LogP contribution in [0.1, 0.15) is 26.2 Å². The van der Waals surface area contributed by atoms with Gasteiger partial charge in [-0.3, -0.25) is 0 Å². The van der Waals surface area contributed by atoms with E-state index in [1.54, 1.807) is 0 Å². The molecule has 0 aliphatic carbocycles. The molecule has 11 heavy (non-hydrogen) atoms. The van der Waals surface area contributed by atoms with Crippen LogP contribution in [-0.2, 0) is 4.74 Å². The van der Waals surface area contributed by atoms with Gasteiger partial charge < -0.3 is 15.0 Å². The third-order valence-electron chi connectivity index (χ3n) is 2.04. The summed E-state index contributed by atoms with van der Waals surface area (Å²) < 4.78 is 11.9. The second-order valence-electron chi connectivity index (χ2n) is 3.13. The van der Waals surface area contributed by atoms with E-state index in [4.69, 9.17) is 6.17 Å². The van der Waals surface area contributed by atoms with Gasteiger partial charge in [-0.1, -0.05) is 0 Å². The van der Waals surface area contributed by atoms with Gasteiger partial charge in [-0.05, 0) is 19.8 Å². The molecule has 0 spiro atoms. The summed E-state index contributed by atoms with van der Waals surface area (Å²) in [6.45, 7) is 2.38. The number of aliphatic hydroxyl groups is 2. The Bertz CT molecular complexity index is 131. The Balaban J connectivity index is 2.15. The standard InChI is InChI=1S/C8H16O3/c1-6-5-7(10)8(11-6)3-2-4-9/h6-10H,2-5H2,1H3/t6-,7+,8+/m0/s1/i9T. The van der Waals surface area contributed by atoms with Crippen molar-refractivity contribution in [1.82, 2.24) is 0 Å². The van der Waals surface area contributed by atoms with Crippen LogP contribution in [0.3, 0.4) is 0 Å². The average molecular weight is 162 g/mol. The summed E-state index contributed by atoms with van der Waals surface area (Å²) in [7, 11) is 0. The maximum Gasteiger partial charge on any atom is 0.210 e. The predicted molar refractivity (Wildman–Crippen MR) is 41.3 cm³/mol. The fraction of sp³-hybridized carbons (Fsp3) is 1.00. The van der Waals surface area contributed by atoms with Crippen molar-refractivity contribution in [2.45, 2.75) is 44.5 Å². The minimum Gasteiger partial charge on any atom is -0.396 e. The van der Waals surface area contributed by atoms with E-state index in [0.717, 1.165) is 19.3 Å². The summed E-state index contributed by atoms with van der Waals surface area (Å²) in [4.78, 5) is 0. The van der Waals surface area contributed by atoms with Crippen LogP contribution in [0.15, 0.2) is 0 Å². The molecule has 3 atom stereocenters. The van der Waals surface area contributed by atoms with E-state index >= 15 is 0 Å². The van der Waals surface area contributed by atoms with Crippen molar-refractivity contribution in [2.24, 2.45) is 0 Å². The molecule has 0 aromatic carbocycles. The van der Waals surface area contributed by atoms with Crippen LogP contribution < -0.4 is 0 Å². The normalized spacial score (nSPS) is 39.1. The molecule has 66 valence electrons. The fourth-order valence-electron chi connectivity index (χ4n) is 1.48. The molecule has 0 aromatic heterocycles. The Morgan fingerprint density at radius 3 is 3.09 bits per heavy atom. The SMILES string of the molecule is [3H]OCCC[C@H]1O[C@@H](C)C[C@H]1O. The molecule has 1 fully saturated rings. The smallest absolute Gasteiger partial charge is 0.210 e. The molecule has 1 rings (SSSR count). The van der Waals surface area contributed by atoms with Crippen molar-refractivity contribution < 1.29 is 15.0 Å². The van der Waals surface area contributed by atoms with Crippen LogP contribution in [-0.4, -0.2) is 36.6 Å². The first-order chi connectivity index (χ1) is 5.74. The van der Waals surface area contributed by atoms with Gasteiger partial charge in [0.25, 0.3) is 0 Å². The van der Waals surface area contributed by atoms with Crippen molar-refractivity contribution in [2.75, 3.05) is 6.61 Å². The van der Waals surface area contributed by atoms with Crippen LogP contribution in [0.25, 0.3) is 0 Å². The van der Waals surface area contributed by atoms with E-state index in [1.165, 1.54) is 0 Å². The maximum atomic E-state index is 9.45. The minimum atomic E-state index is -0.328. The molecule has 3 heteroatoms. The van der Waals surface area contributed by atoms with E-state index in [9.17, 15) is 5.11 Å². The second kappa shape index (κ2) is 4.04. The lowest BCUT2D eigenvalue weighted by Gasteiger charge is -2.12. The van der Waals surface area contributed by atoms with Crippen molar-refractivity contribution in [3.63, 3.8) is 0 Å². The lowest BCUT2D eigenvalue weighted by Crippen LogP contribution is -2.20. The maximum absolute atomic E-state index is 9.45. The topological polar surface area (TPSA) is 49.7 Å². The predicted octanol–water partition coefficient (Wildman–Crippen LogP) is 0.297. The van der Waals surface area contributed by atoms with Gasteiger partial charge in [-0.15, -0.1) is 0 Å². The number of hydrogen-bond acceptors (Lipinski definition) is 3. The Kier molecular flexibility index (Phi) is 2.77. The highest BCUT2D eigenvalue weighted by atomic mass is 16.5. The van der Waals surface area contributed by atoms with Gasteiger partial charge in [-0.25, -0.2) is 0 Å². The fourth-order valence-corrected chi connectivity index (χ4v) is 1.48. The van der Waals surface area contributed by atoms with Crippen molar-refractivity contribution in [1.29, 1.82) is 1.43 Å². The number of aliphatic hydroxyl groups excluding tert-OH is 2. The van der Waals surface area contributed by atoms with Crippen LogP contribution in [0, 0.1) is 0 Å². The van der Waals surface area contributed by atoms with E-state index in [0.29, 0.717) is 6.61 Å². The first-order valence-electron chi connectivity index (χ1n) is 4.56. The quantitative estimate of drug-likeness (QED) is 0.584. The molecule has 0 bridgehead atoms. The van der Waals surface area contributed by atoms with Crippen LogP contribution in [0.4, 0.5) is 0 Å². The summed E-state index contributed by atoms with van der Waals surface area (Å²) >= 11 is 0. The Hall–Kier alpha value is -0.120. The molecule has 1 aliphatic heterocycles. The monoisotopic (exact) mass is 162 g/mol. The Labute approximate surface area is 68.5 Å². The zero-order chi connectivity index (χ0) is 8.97. The highest BCUT2D eigenvalue weighted by Crippen LogP contribution is 2.22. The number of rotatable bonds is 4. The zero-order valence-corrected chi connectivity index (χ0v) is 6.82. The molecule has 0 unspecified atom stereocenters. The molecular weight excluding hydrogens is 144 g/mol. The largest absolute Gasteiger partial charge is 0.396 e.